The van der Waals surface area contributed by atoms with E-state index in [1.165, 1.54) is 21.9 Å². The summed E-state index contributed by atoms with van der Waals surface area (Å²) in [7, 11) is 0. The Morgan fingerprint density at radius 2 is 1.89 bits per heavy atom. The van der Waals surface area contributed by atoms with Crippen LogP contribution in [0, 0.1) is 0 Å². The van der Waals surface area contributed by atoms with E-state index in [2.05, 4.69) is 53.5 Å². The summed E-state index contributed by atoms with van der Waals surface area (Å²) in [4.78, 5) is 14.6. The van der Waals surface area contributed by atoms with E-state index in [1.807, 2.05) is 13.8 Å². The fraction of sp³-hybridized carbons (Fsp3) is 0.235. The van der Waals surface area contributed by atoms with Gasteiger partial charge in [-0.15, -0.1) is 0 Å². The summed E-state index contributed by atoms with van der Waals surface area (Å²) in [6.07, 6.45) is 5.97. The van der Waals surface area contributed by atoms with Gasteiger partial charge in [0.15, 0.2) is 0 Å². The summed E-state index contributed by atoms with van der Waals surface area (Å²) in [6, 6.07) is 12.6. The van der Waals surface area contributed by atoms with Crippen molar-refractivity contribution in [2.45, 2.75) is 25.3 Å². The van der Waals surface area contributed by atoms with Gasteiger partial charge < -0.3 is 0 Å². The summed E-state index contributed by atoms with van der Waals surface area (Å²) in [6.45, 7) is 3.94. The molecule has 0 bridgehead atoms. The number of carbonyl (C=O) groups excluding carboxylic acids is 1. The molecular formula is C17H15NO. The fourth-order valence-corrected chi connectivity index (χ4v) is 2.90. The average molecular weight is 249 g/mol. The minimum atomic E-state index is -0.472. The molecule has 0 saturated heterocycles. The maximum absolute atomic E-state index is 10.6. The van der Waals surface area contributed by atoms with E-state index in [0.29, 0.717) is 0 Å². The van der Waals surface area contributed by atoms with Gasteiger partial charge in [-0.1, -0.05) is 48.6 Å². The van der Waals surface area contributed by atoms with Gasteiger partial charge in [-0.25, -0.2) is 4.79 Å². The third-order valence-electron chi connectivity index (χ3n) is 3.87. The molecule has 2 nitrogen and oxygen atoms in total. The lowest BCUT2D eigenvalue weighted by Gasteiger charge is -2.31. The Labute approximate surface area is 112 Å². The van der Waals surface area contributed by atoms with Gasteiger partial charge in [-0.2, -0.15) is 4.99 Å². The maximum atomic E-state index is 10.6. The van der Waals surface area contributed by atoms with E-state index < -0.39 is 5.54 Å². The molecule has 1 aliphatic rings. The number of aliphatic imine (C=N–C) groups is 1. The van der Waals surface area contributed by atoms with E-state index in [1.54, 1.807) is 6.08 Å². The van der Waals surface area contributed by atoms with Gasteiger partial charge in [-0.05, 0) is 35.7 Å². The third-order valence-corrected chi connectivity index (χ3v) is 3.87. The number of hydrogen-bond donors (Lipinski definition) is 0. The molecule has 3 rings (SSSR count). The van der Waals surface area contributed by atoms with Crippen molar-refractivity contribution in [2.75, 3.05) is 0 Å². The molecule has 0 N–H and O–H groups in total. The fourth-order valence-electron chi connectivity index (χ4n) is 2.90. The highest BCUT2D eigenvalue weighted by atomic mass is 16.1. The first-order valence-corrected chi connectivity index (χ1v) is 6.42. The van der Waals surface area contributed by atoms with E-state index >= 15 is 0 Å². The molecule has 1 unspecified atom stereocenters. The lowest BCUT2D eigenvalue weighted by molar-refractivity contribution is 0.462. The van der Waals surface area contributed by atoms with E-state index in [0.717, 1.165) is 0 Å². The predicted molar refractivity (Wildman–Crippen MR) is 77.9 cm³/mol. The molecule has 0 aliphatic heterocycles. The molecule has 0 radical (unpaired) electrons. The Hall–Kier alpha value is -2.18. The first-order chi connectivity index (χ1) is 9.13. The van der Waals surface area contributed by atoms with Crippen LogP contribution in [0.3, 0.4) is 0 Å². The van der Waals surface area contributed by atoms with E-state index in [4.69, 9.17) is 0 Å². The SMILES string of the molecule is CC(C)(N=C=O)C1C=Cc2cccc3cccc1c23. The van der Waals surface area contributed by atoms with Crippen molar-refractivity contribution in [3.8, 4) is 0 Å². The van der Waals surface area contributed by atoms with Gasteiger partial charge >= 0.3 is 0 Å². The van der Waals surface area contributed by atoms with Crippen molar-refractivity contribution < 1.29 is 4.79 Å². The number of isocyanates is 1. The second-order valence-corrected chi connectivity index (χ2v) is 5.49. The second kappa shape index (κ2) is 4.18. The van der Waals surface area contributed by atoms with Crippen molar-refractivity contribution in [1.29, 1.82) is 0 Å². The molecule has 0 saturated carbocycles. The normalized spacial score (nSPS) is 17.3. The van der Waals surface area contributed by atoms with Gasteiger partial charge in [0.2, 0.25) is 6.08 Å². The first-order valence-electron chi connectivity index (χ1n) is 6.42. The summed E-state index contributed by atoms with van der Waals surface area (Å²) in [5.41, 5.74) is 2.00. The highest BCUT2D eigenvalue weighted by Gasteiger charge is 2.31. The van der Waals surface area contributed by atoms with Crippen LogP contribution in [0.15, 0.2) is 47.5 Å². The minimum absolute atomic E-state index is 0.104. The molecule has 19 heavy (non-hydrogen) atoms. The summed E-state index contributed by atoms with van der Waals surface area (Å²) < 4.78 is 0. The van der Waals surface area contributed by atoms with Crippen LogP contribution in [0.2, 0.25) is 0 Å². The van der Waals surface area contributed by atoms with Crippen LogP contribution in [0.25, 0.3) is 16.8 Å². The zero-order valence-electron chi connectivity index (χ0n) is 11.1. The largest absolute Gasteiger partial charge is 0.235 e. The van der Waals surface area contributed by atoms with Crippen molar-refractivity contribution in [3.05, 3.63) is 53.6 Å². The summed E-state index contributed by atoms with van der Waals surface area (Å²) in [5, 5.41) is 2.50. The Bertz CT molecular complexity index is 716. The standard InChI is InChI=1S/C17H15NO/c1-17(2,18-11-19)15-10-9-13-6-3-5-12-7-4-8-14(15)16(12)13/h3-10,15H,1-2H3. The molecule has 0 aromatic heterocycles. The van der Waals surface area contributed by atoms with Crippen LogP contribution in [-0.2, 0) is 4.79 Å². The highest BCUT2D eigenvalue weighted by Crippen LogP contribution is 2.41. The van der Waals surface area contributed by atoms with Crippen LogP contribution in [-0.4, -0.2) is 11.6 Å². The van der Waals surface area contributed by atoms with Crippen LogP contribution in [0.1, 0.15) is 30.9 Å². The van der Waals surface area contributed by atoms with Gasteiger partial charge in [0.25, 0.3) is 0 Å². The molecule has 94 valence electrons. The Kier molecular flexibility index (Phi) is 2.62. The molecule has 0 fully saturated rings. The number of hydrogen-bond acceptors (Lipinski definition) is 2. The van der Waals surface area contributed by atoms with Gasteiger partial charge in [-0.3, -0.25) is 0 Å². The molecule has 0 amide bonds. The van der Waals surface area contributed by atoms with Crippen molar-refractivity contribution in [2.24, 2.45) is 4.99 Å². The topological polar surface area (TPSA) is 29.4 Å². The van der Waals surface area contributed by atoms with Crippen LogP contribution in [0.4, 0.5) is 0 Å². The summed E-state index contributed by atoms with van der Waals surface area (Å²) >= 11 is 0. The average Bonchev–Trinajstić information content (AvgIpc) is 2.39. The monoisotopic (exact) mass is 249 g/mol. The Morgan fingerprint density at radius 3 is 2.63 bits per heavy atom. The molecule has 2 aromatic carbocycles. The number of nitrogens with zero attached hydrogens (tertiary/aromatic N) is 1. The number of rotatable bonds is 2. The van der Waals surface area contributed by atoms with Gasteiger partial charge in [0.1, 0.15) is 0 Å². The first kappa shape index (κ1) is 11.9. The molecule has 1 atom stereocenters. The van der Waals surface area contributed by atoms with Crippen molar-refractivity contribution >= 4 is 22.9 Å². The minimum Gasteiger partial charge on any atom is -0.211 e. The molecule has 2 heteroatoms. The Morgan fingerprint density at radius 1 is 1.16 bits per heavy atom. The van der Waals surface area contributed by atoms with Crippen LogP contribution in [0.5, 0.6) is 0 Å². The molecule has 2 aromatic rings. The van der Waals surface area contributed by atoms with Gasteiger partial charge in [0.05, 0.1) is 5.54 Å². The van der Waals surface area contributed by atoms with Crippen LogP contribution >= 0.6 is 0 Å². The highest BCUT2D eigenvalue weighted by molar-refractivity contribution is 5.95. The van der Waals surface area contributed by atoms with Gasteiger partial charge in [0, 0.05) is 5.92 Å². The lowest BCUT2D eigenvalue weighted by Crippen LogP contribution is -2.26. The molecular weight excluding hydrogens is 234 g/mol. The van der Waals surface area contributed by atoms with Crippen molar-refractivity contribution in [1.82, 2.24) is 0 Å². The molecule has 0 spiro atoms. The maximum Gasteiger partial charge on any atom is 0.235 e. The quantitative estimate of drug-likeness (QED) is 0.583. The molecule has 1 aliphatic carbocycles. The lowest BCUT2D eigenvalue weighted by atomic mass is 9.76. The summed E-state index contributed by atoms with van der Waals surface area (Å²) in [5.74, 6) is 0.104. The van der Waals surface area contributed by atoms with Crippen LogP contribution < -0.4 is 0 Å². The smallest absolute Gasteiger partial charge is 0.211 e. The zero-order chi connectivity index (χ0) is 13.5. The number of benzene rings is 2. The third kappa shape index (κ3) is 1.81. The van der Waals surface area contributed by atoms with Crippen molar-refractivity contribution in [3.63, 3.8) is 0 Å². The zero-order valence-corrected chi connectivity index (χ0v) is 11.1. The molecule has 0 heterocycles. The second-order valence-electron chi connectivity index (χ2n) is 5.49. The van der Waals surface area contributed by atoms with E-state index in [-0.39, 0.29) is 5.92 Å². The Balaban J connectivity index is 2.28. The predicted octanol–water partition coefficient (Wildman–Crippen LogP) is 4.06. The van der Waals surface area contributed by atoms with E-state index in [9.17, 15) is 4.79 Å².